The van der Waals surface area contributed by atoms with Crippen LogP contribution in [0.25, 0.3) is 0 Å². The highest BCUT2D eigenvalue weighted by Gasteiger charge is 2.18. The highest BCUT2D eigenvalue weighted by Crippen LogP contribution is 2.39. The van der Waals surface area contributed by atoms with E-state index in [-0.39, 0.29) is 5.25 Å². The number of hydrogen-bond donors (Lipinski definition) is 0. The maximum Gasteiger partial charge on any atom is 0.153 e. The van der Waals surface area contributed by atoms with Gasteiger partial charge in [0.1, 0.15) is 5.75 Å². The lowest BCUT2D eigenvalue weighted by atomic mass is 10.1. The standard InChI is InChI=1S/C24H20Cl2N2OS2/c25-22-11-8-20(14-23(22)26)30-24(15-28-13-12-27-17-28)19-6-9-21(10-7-19)31(29)16-18-4-2-1-3-5-18/h1-14,17,24H,15-16H2. The second-order valence-electron chi connectivity index (χ2n) is 6.99. The molecule has 0 saturated carbocycles. The van der Waals surface area contributed by atoms with E-state index in [1.807, 2.05) is 73.2 Å². The lowest BCUT2D eigenvalue weighted by Gasteiger charge is -2.19. The molecule has 0 radical (unpaired) electrons. The van der Waals surface area contributed by atoms with E-state index in [9.17, 15) is 4.55 Å². The Labute approximate surface area is 199 Å². The summed E-state index contributed by atoms with van der Waals surface area (Å²) in [6.07, 6.45) is 5.54. The van der Waals surface area contributed by atoms with Crippen molar-refractivity contribution < 1.29 is 4.55 Å². The molecule has 3 nitrogen and oxygen atoms in total. The highest BCUT2D eigenvalue weighted by molar-refractivity contribution is 7.99. The molecule has 0 N–H and O–H groups in total. The van der Waals surface area contributed by atoms with Crippen LogP contribution < -0.4 is 0 Å². The predicted octanol–water partition coefficient (Wildman–Crippen LogP) is 7.03. The van der Waals surface area contributed by atoms with E-state index in [1.54, 1.807) is 18.0 Å². The van der Waals surface area contributed by atoms with E-state index in [0.29, 0.717) is 15.8 Å². The van der Waals surface area contributed by atoms with Gasteiger partial charge in [0.25, 0.3) is 0 Å². The molecule has 7 heteroatoms. The van der Waals surface area contributed by atoms with Crippen LogP contribution in [0.2, 0.25) is 10.0 Å². The monoisotopic (exact) mass is 486 g/mol. The lowest BCUT2D eigenvalue weighted by molar-refractivity contribution is 0.594. The number of rotatable bonds is 8. The van der Waals surface area contributed by atoms with Gasteiger partial charge in [-0.3, -0.25) is 0 Å². The third-order valence-electron chi connectivity index (χ3n) is 4.76. The molecular formula is C24H20Cl2N2OS2. The number of thioether (sulfide) groups is 1. The fraction of sp³-hybridized carbons (Fsp3) is 0.125. The fourth-order valence-corrected chi connectivity index (χ4v) is 5.82. The first kappa shape index (κ1) is 22.3. The van der Waals surface area contributed by atoms with Gasteiger partial charge in [0, 0.05) is 29.4 Å². The molecule has 2 unspecified atom stereocenters. The highest BCUT2D eigenvalue weighted by atomic mass is 35.5. The van der Waals surface area contributed by atoms with Gasteiger partial charge in [-0.15, -0.1) is 11.8 Å². The van der Waals surface area contributed by atoms with Crippen molar-refractivity contribution in [3.05, 3.63) is 113 Å². The normalized spacial score (nSPS) is 13.1. The van der Waals surface area contributed by atoms with Crippen molar-refractivity contribution in [3.63, 3.8) is 0 Å². The average molecular weight is 487 g/mol. The largest absolute Gasteiger partial charge is 0.611 e. The van der Waals surface area contributed by atoms with E-state index in [2.05, 4.69) is 21.7 Å². The lowest BCUT2D eigenvalue weighted by Crippen LogP contribution is -2.07. The Morgan fingerprint density at radius 1 is 0.968 bits per heavy atom. The molecular weight excluding hydrogens is 467 g/mol. The van der Waals surface area contributed by atoms with Gasteiger partial charge in [0.05, 0.1) is 21.6 Å². The van der Waals surface area contributed by atoms with Crippen LogP contribution in [0.4, 0.5) is 0 Å². The molecule has 4 aromatic rings. The minimum atomic E-state index is -1.09. The van der Waals surface area contributed by atoms with Gasteiger partial charge in [-0.05, 0) is 47.1 Å². The van der Waals surface area contributed by atoms with Crippen LogP contribution in [-0.2, 0) is 23.5 Å². The third-order valence-corrected chi connectivity index (χ3v) is 8.12. The van der Waals surface area contributed by atoms with Crippen LogP contribution in [0.1, 0.15) is 16.4 Å². The number of benzene rings is 3. The third kappa shape index (κ3) is 6.09. The molecule has 4 rings (SSSR count). The molecule has 31 heavy (non-hydrogen) atoms. The van der Waals surface area contributed by atoms with Crippen molar-refractivity contribution in [3.8, 4) is 0 Å². The summed E-state index contributed by atoms with van der Waals surface area (Å²) < 4.78 is 14.8. The zero-order valence-electron chi connectivity index (χ0n) is 16.5. The Morgan fingerprint density at radius 2 is 1.74 bits per heavy atom. The average Bonchev–Trinajstić information content (AvgIpc) is 3.30. The fourth-order valence-electron chi connectivity index (χ4n) is 3.15. The Morgan fingerprint density at radius 3 is 2.42 bits per heavy atom. The van der Waals surface area contributed by atoms with Gasteiger partial charge in [-0.25, -0.2) is 4.98 Å². The predicted molar refractivity (Wildman–Crippen MR) is 130 cm³/mol. The quantitative estimate of drug-likeness (QED) is 0.198. The summed E-state index contributed by atoms with van der Waals surface area (Å²) in [7, 11) is 0. The van der Waals surface area contributed by atoms with Gasteiger partial charge >= 0.3 is 0 Å². The van der Waals surface area contributed by atoms with Gasteiger partial charge < -0.3 is 9.12 Å². The molecule has 0 aliphatic heterocycles. The van der Waals surface area contributed by atoms with Gasteiger partial charge in [0.2, 0.25) is 0 Å². The molecule has 0 aliphatic rings. The molecule has 2 atom stereocenters. The topological polar surface area (TPSA) is 40.9 Å². The smallest absolute Gasteiger partial charge is 0.153 e. The Hall–Kier alpha value is -1.89. The first-order valence-corrected chi connectivity index (χ1v) is 12.6. The van der Waals surface area contributed by atoms with Crippen molar-refractivity contribution in [2.45, 2.75) is 27.3 Å². The number of aromatic nitrogens is 2. The second-order valence-corrected chi connectivity index (χ2v) is 10.5. The first-order chi connectivity index (χ1) is 15.1. The molecule has 3 aromatic carbocycles. The summed E-state index contributed by atoms with van der Waals surface area (Å²) in [5.74, 6) is 0.511. The first-order valence-electron chi connectivity index (χ1n) is 9.68. The van der Waals surface area contributed by atoms with E-state index < -0.39 is 11.2 Å². The van der Waals surface area contributed by atoms with Crippen LogP contribution in [-0.4, -0.2) is 14.1 Å². The number of halogens is 2. The van der Waals surface area contributed by atoms with E-state index in [1.165, 1.54) is 0 Å². The molecule has 1 aromatic heterocycles. The molecule has 0 amide bonds. The number of hydrogen-bond acceptors (Lipinski definition) is 3. The summed E-state index contributed by atoms with van der Waals surface area (Å²) in [6.45, 7) is 0.747. The van der Waals surface area contributed by atoms with Crippen molar-refractivity contribution in [2.75, 3.05) is 0 Å². The van der Waals surface area contributed by atoms with Gasteiger partial charge in [0.15, 0.2) is 4.90 Å². The summed E-state index contributed by atoms with van der Waals surface area (Å²) in [5.41, 5.74) is 2.21. The summed E-state index contributed by atoms with van der Waals surface area (Å²) in [6, 6.07) is 23.6. The van der Waals surface area contributed by atoms with Crippen molar-refractivity contribution in [1.29, 1.82) is 0 Å². The minimum absolute atomic E-state index is 0.128. The van der Waals surface area contributed by atoms with Crippen molar-refractivity contribution in [2.24, 2.45) is 0 Å². The minimum Gasteiger partial charge on any atom is -0.611 e. The van der Waals surface area contributed by atoms with Crippen LogP contribution in [0.5, 0.6) is 0 Å². The molecule has 0 saturated heterocycles. The van der Waals surface area contributed by atoms with Crippen LogP contribution in [0.3, 0.4) is 0 Å². The summed E-state index contributed by atoms with van der Waals surface area (Å²) >= 11 is 12.9. The van der Waals surface area contributed by atoms with Crippen LogP contribution >= 0.6 is 35.0 Å². The van der Waals surface area contributed by atoms with E-state index >= 15 is 0 Å². The van der Waals surface area contributed by atoms with E-state index in [0.717, 1.165) is 27.5 Å². The van der Waals surface area contributed by atoms with Gasteiger partial charge in [-0.1, -0.05) is 65.7 Å². The molecule has 0 spiro atoms. The maximum atomic E-state index is 12.8. The number of imidazole rings is 1. The summed E-state index contributed by atoms with van der Waals surface area (Å²) in [5, 5.41) is 1.21. The van der Waals surface area contributed by atoms with Crippen LogP contribution in [0, 0.1) is 0 Å². The Bertz CT molecular complexity index is 1110. The molecule has 0 bridgehead atoms. The van der Waals surface area contributed by atoms with Crippen LogP contribution in [0.15, 0.2) is 101 Å². The SMILES string of the molecule is [O-][S+](Cc1ccccc1)c1ccc(C(Cn2ccnc2)Sc2ccc(Cl)c(Cl)c2)cc1. The molecule has 0 aliphatic carbocycles. The zero-order valence-corrected chi connectivity index (χ0v) is 19.7. The maximum absolute atomic E-state index is 12.8. The molecule has 158 valence electrons. The van der Waals surface area contributed by atoms with Gasteiger partial charge in [-0.2, -0.15) is 0 Å². The Kier molecular flexibility index (Phi) is 7.64. The second kappa shape index (κ2) is 10.6. The van der Waals surface area contributed by atoms with E-state index in [4.69, 9.17) is 23.2 Å². The van der Waals surface area contributed by atoms with Crippen molar-refractivity contribution >= 4 is 46.1 Å². The molecule has 1 heterocycles. The number of nitrogens with zero attached hydrogens (tertiary/aromatic N) is 2. The zero-order chi connectivity index (χ0) is 21.6. The van der Waals surface area contributed by atoms with Crippen molar-refractivity contribution in [1.82, 2.24) is 9.55 Å². The summed E-state index contributed by atoms with van der Waals surface area (Å²) in [4.78, 5) is 6.02. The molecule has 0 fully saturated rings. The Balaban J connectivity index is 1.53.